The highest BCUT2D eigenvalue weighted by molar-refractivity contribution is 5.91. The Kier molecular flexibility index (Phi) is 6.43. The molecule has 0 heterocycles. The fraction of sp³-hybridized carbons (Fsp3) is 0.458. The number of carboxylic acid groups (broad SMARTS) is 1. The van der Waals surface area contributed by atoms with Crippen molar-refractivity contribution in [2.24, 2.45) is 0 Å². The fourth-order valence-corrected chi connectivity index (χ4v) is 2.97. The lowest BCUT2D eigenvalue weighted by Crippen LogP contribution is -2.21. The zero-order valence-corrected chi connectivity index (χ0v) is 18.1. The molecule has 0 aliphatic carbocycles. The van der Waals surface area contributed by atoms with E-state index in [1.807, 2.05) is 6.07 Å². The molecular weight excluding hydrogens is 352 g/mol. The molecule has 0 radical (unpaired) electrons. The Labute approximate surface area is 168 Å². The Balaban J connectivity index is 2.59. The van der Waals surface area contributed by atoms with Crippen molar-refractivity contribution in [3.8, 4) is 17.2 Å². The highest BCUT2D eigenvalue weighted by Crippen LogP contribution is 2.41. The number of ether oxygens (including phenoxy) is 2. The van der Waals surface area contributed by atoms with Crippen molar-refractivity contribution < 1.29 is 19.4 Å². The number of rotatable bonds is 8. The summed E-state index contributed by atoms with van der Waals surface area (Å²) in [5.41, 5.74) is 2.37. The number of hydrogen-bond acceptors (Lipinski definition) is 3. The van der Waals surface area contributed by atoms with Gasteiger partial charge in [0.1, 0.15) is 22.8 Å². The van der Waals surface area contributed by atoms with Crippen LogP contribution in [0.25, 0.3) is 0 Å². The van der Waals surface area contributed by atoms with E-state index in [0.717, 1.165) is 18.4 Å². The second-order valence-corrected chi connectivity index (χ2v) is 8.46. The van der Waals surface area contributed by atoms with Crippen LogP contribution in [0.2, 0.25) is 0 Å². The molecule has 0 atom stereocenters. The maximum Gasteiger partial charge on any atom is 0.339 e. The lowest BCUT2D eigenvalue weighted by Gasteiger charge is -2.30. The molecule has 28 heavy (non-hydrogen) atoms. The van der Waals surface area contributed by atoms with Crippen LogP contribution in [0.5, 0.6) is 17.2 Å². The molecule has 152 valence electrons. The number of carboxylic acids is 1. The molecule has 0 fully saturated rings. The highest BCUT2D eigenvalue weighted by Gasteiger charge is 2.27. The lowest BCUT2D eigenvalue weighted by molar-refractivity contribution is 0.0693. The van der Waals surface area contributed by atoms with Crippen molar-refractivity contribution >= 4 is 5.97 Å². The van der Waals surface area contributed by atoms with Gasteiger partial charge >= 0.3 is 5.97 Å². The first-order valence-electron chi connectivity index (χ1n) is 9.80. The van der Waals surface area contributed by atoms with E-state index in [2.05, 4.69) is 53.7 Å². The first-order valence-corrected chi connectivity index (χ1v) is 9.80. The minimum atomic E-state index is -1.05. The van der Waals surface area contributed by atoms with Gasteiger partial charge in [-0.25, -0.2) is 4.79 Å². The molecule has 0 aliphatic rings. The largest absolute Gasteiger partial charge is 0.497 e. The molecule has 4 heteroatoms. The van der Waals surface area contributed by atoms with E-state index in [-0.39, 0.29) is 16.4 Å². The molecule has 0 bridgehead atoms. The van der Waals surface area contributed by atoms with Crippen LogP contribution in [0.4, 0.5) is 0 Å². The van der Waals surface area contributed by atoms with Gasteiger partial charge in [-0.15, -0.1) is 0 Å². The molecule has 0 aliphatic heterocycles. The van der Waals surface area contributed by atoms with Crippen LogP contribution in [0.15, 0.2) is 36.4 Å². The molecule has 0 saturated carbocycles. The summed E-state index contributed by atoms with van der Waals surface area (Å²) in [4.78, 5) is 11.7. The number of aromatic carboxylic acids is 1. The predicted molar refractivity (Wildman–Crippen MR) is 113 cm³/mol. The first-order chi connectivity index (χ1) is 13.1. The van der Waals surface area contributed by atoms with Crippen molar-refractivity contribution in [1.82, 2.24) is 0 Å². The van der Waals surface area contributed by atoms with Crippen molar-refractivity contribution in [2.45, 2.75) is 65.2 Å². The number of methoxy groups -OCH3 is 1. The van der Waals surface area contributed by atoms with Crippen LogP contribution in [0, 0.1) is 0 Å². The third-order valence-electron chi connectivity index (χ3n) is 5.89. The Morgan fingerprint density at radius 2 is 1.54 bits per heavy atom. The van der Waals surface area contributed by atoms with Crippen LogP contribution >= 0.6 is 0 Å². The molecule has 0 amide bonds. The average Bonchev–Trinajstić information content (AvgIpc) is 2.68. The Morgan fingerprint density at radius 1 is 0.929 bits per heavy atom. The average molecular weight is 385 g/mol. The number of benzene rings is 2. The van der Waals surface area contributed by atoms with E-state index in [1.54, 1.807) is 12.1 Å². The van der Waals surface area contributed by atoms with Gasteiger partial charge in [0.15, 0.2) is 0 Å². The molecule has 2 aromatic rings. The summed E-state index contributed by atoms with van der Waals surface area (Å²) in [5.74, 6) is 0.437. The van der Waals surface area contributed by atoms with Gasteiger partial charge in [0.2, 0.25) is 0 Å². The maximum atomic E-state index is 11.7. The van der Waals surface area contributed by atoms with Gasteiger partial charge in [0.05, 0.1) is 7.11 Å². The molecule has 0 unspecified atom stereocenters. The summed E-state index contributed by atoms with van der Waals surface area (Å²) in [5, 5.41) is 9.59. The SMILES string of the molecule is CCC(C)(C)c1ccc(Oc2ccc(OC)cc2C(=O)O)c(C(C)(C)CC)c1. The molecule has 2 aromatic carbocycles. The molecule has 0 aromatic heterocycles. The van der Waals surface area contributed by atoms with Crippen LogP contribution in [-0.4, -0.2) is 18.2 Å². The summed E-state index contributed by atoms with van der Waals surface area (Å²) in [7, 11) is 1.51. The zero-order valence-electron chi connectivity index (χ0n) is 18.1. The monoisotopic (exact) mass is 384 g/mol. The van der Waals surface area contributed by atoms with Gasteiger partial charge in [-0.3, -0.25) is 0 Å². The van der Waals surface area contributed by atoms with Crippen molar-refractivity contribution in [2.75, 3.05) is 7.11 Å². The van der Waals surface area contributed by atoms with Gasteiger partial charge in [-0.05, 0) is 53.5 Å². The minimum absolute atomic E-state index is 0.0590. The minimum Gasteiger partial charge on any atom is -0.497 e. The van der Waals surface area contributed by atoms with E-state index in [1.165, 1.54) is 18.7 Å². The van der Waals surface area contributed by atoms with E-state index in [4.69, 9.17) is 9.47 Å². The Bertz CT molecular complexity index is 850. The second-order valence-electron chi connectivity index (χ2n) is 8.46. The van der Waals surface area contributed by atoms with Crippen LogP contribution in [0.1, 0.15) is 75.9 Å². The summed E-state index contributed by atoms with van der Waals surface area (Å²) >= 11 is 0. The van der Waals surface area contributed by atoms with Gasteiger partial charge < -0.3 is 14.6 Å². The molecular formula is C24H32O4. The molecule has 0 saturated heterocycles. The predicted octanol–water partition coefficient (Wildman–Crippen LogP) is 6.56. The van der Waals surface area contributed by atoms with E-state index in [0.29, 0.717) is 17.2 Å². The Hall–Kier alpha value is -2.49. The van der Waals surface area contributed by atoms with Crippen molar-refractivity contribution in [3.63, 3.8) is 0 Å². The summed E-state index contributed by atoms with van der Waals surface area (Å²) in [6.45, 7) is 13.2. The zero-order chi connectivity index (χ0) is 21.1. The number of carbonyl (C=O) groups is 1. The lowest BCUT2D eigenvalue weighted by atomic mass is 9.76. The standard InChI is InChI=1S/C24H32O4/c1-8-23(3,4)16-10-12-21(19(14-16)24(5,6)9-2)28-20-13-11-17(27-7)15-18(20)22(25)26/h10-15H,8-9H2,1-7H3,(H,25,26). The van der Waals surface area contributed by atoms with Crippen molar-refractivity contribution in [1.29, 1.82) is 0 Å². The van der Waals surface area contributed by atoms with Crippen molar-refractivity contribution in [3.05, 3.63) is 53.1 Å². The van der Waals surface area contributed by atoms with E-state index < -0.39 is 5.97 Å². The van der Waals surface area contributed by atoms with Gasteiger partial charge in [-0.1, -0.05) is 53.7 Å². The van der Waals surface area contributed by atoms with E-state index >= 15 is 0 Å². The van der Waals surface area contributed by atoms with Crippen LogP contribution < -0.4 is 9.47 Å². The molecule has 2 rings (SSSR count). The van der Waals surface area contributed by atoms with E-state index in [9.17, 15) is 9.90 Å². The smallest absolute Gasteiger partial charge is 0.339 e. The number of hydrogen-bond donors (Lipinski definition) is 1. The highest BCUT2D eigenvalue weighted by atomic mass is 16.5. The van der Waals surface area contributed by atoms with Crippen LogP contribution in [-0.2, 0) is 10.8 Å². The third-order valence-corrected chi connectivity index (χ3v) is 5.89. The summed E-state index contributed by atoms with van der Waals surface area (Å²) < 4.78 is 11.3. The van der Waals surface area contributed by atoms with Gasteiger partial charge in [0.25, 0.3) is 0 Å². The van der Waals surface area contributed by atoms with Gasteiger partial charge in [0, 0.05) is 5.56 Å². The maximum absolute atomic E-state index is 11.7. The van der Waals surface area contributed by atoms with Crippen LogP contribution in [0.3, 0.4) is 0 Å². The fourth-order valence-electron chi connectivity index (χ4n) is 2.97. The molecule has 4 nitrogen and oxygen atoms in total. The first kappa shape index (κ1) is 21.8. The summed E-state index contributed by atoms with van der Waals surface area (Å²) in [6.07, 6.45) is 1.97. The Morgan fingerprint density at radius 3 is 2.07 bits per heavy atom. The second kappa shape index (κ2) is 8.26. The summed E-state index contributed by atoms with van der Waals surface area (Å²) in [6, 6.07) is 11.1. The topological polar surface area (TPSA) is 55.8 Å². The molecule has 0 spiro atoms. The van der Waals surface area contributed by atoms with Gasteiger partial charge in [-0.2, -0.15) is 0 Å². The third kappa shape index (κ3) is 4.49. The molecule has 1 N–H and O–H groups in total. The quantitative estimate of drug-likeness (QED) is 0.560. The normalized spacial score (nSPS) is 12.0.